The Balaban J connectivity index is 0.000000414. The molecule has 0 spiro atoms. The summed E-state index contributed by atoms with van der Waals surface area (Å²) < 4.78 is 0. The summed E-state index contributed by atoms with van der Waals surface area (Å²) in [7, 11) is 0. The number of hydrogen-bond acceptors (Lipinski definition) is 6. The van der Waals surface area contributed by atoms with Gasteiger partial charge in [-0.05, 0) is 50.3 Å². The average molecular weight is 392 g/mol. The summed E-state index contributed by atoms with van der Waals surface area (Å²) in [6.45, 7) is 8.59. The molecule has 0 saturated carbocycles. The normalized spacial score (nSPS) is 14.7. The van der Waals surface area contributed by atoms with Gasteiger partial charge in [-0.25, -0.2) is 0 Å². The van der Waals surface area contributed by atoms with Crippen molar-refractivity contribution in [3.63, 3.8) is 0 Å². The van der Waals surface area contributed by atoms with Gasteiger partial charge in [0.1, 0.15) is 0 Å². The first-order valence-corrected chi connectivity index (χ1v) is 9.68. The number of nitrogens with zero attached hydrogens (tertiary/aromatic N) is 1. The van der Waals surface area contributed by atoms with E-state index in [-0.39, 0.29) is 11.9 Å². The van der Waals surface area contributed by atoms with E-state index in [0.717, 1.165) is 25.4 Å². The van der Waals surface area contributed by atoms with Crippen LogP contribution in [0.3, 0.4) is 0 Å². The molecule has 7 nitrogen and oxygen atoms in total. The van der Waals surface area contributed by atoms with E-state index in [2.05, 4.69) is 49.1 Å². The molecule has 1 fully saturated rings. The Labute approximate surface area is 167 Å². The molecule has 0 aliphatic carbocycles. The van der Waals surface area contributed by atoms with E-state index in [1.165, 1.54) is 31.2 Å². The van der Waals surface area contributed by atoms with Crippen molar-refractivity contribution in [2.24, 2.45) is 11.7 Å². The number of carbonyl (C=O) groups excluding carboxylic acids is 3. The first-order chi connectivity index (χ1) is 13.2. The highest BCUT2D eigenvalue weighted by atomic mass is 16.4. The third-order valence-electron chi connectivity index (χ3n) is 4.20. The molecule has 1 aliphatic rings. The maximum atomic E-state index is 11.0. The number of piperidine rings is 1. The lowest BCUT2D eigenvalue weighted by Crippen LogP contribution is -2.46. The van der Waals surface area contributed by atoms with Gasteiger partial charge in [-0.1, -0.05) is 57.5 Å². The summed E-state index contributed by atoms with van der Waals surface area (Å²) in [6.07, 6.45) is 5.76. The molecule has 2 rings (SSSR count). The molecule has 7 heteroatoms. The zero-order valence-corrected chi connectivity index (χ0v) is 17.1. The Morgan fingerprint density at radius 1 is 1.00 bits per heavy atom. The van der Waals surface area contributed by atoms with Gasteiger partial charge >= 0.3 is 0 Å². The van der Waals surface area contributed by atoms with E-state index in [1.807, 2.05) is 6.92 Å². The second kappa shape index (κ2) is 14.6. The van der Waals surface area contributed by atoms with E-state index >= 15 is 0 Å². The summed E-state index contributed by atoms with van der Waals surface area (Å²) in [5.41, 5.74) is 6.74. The summed E-state index contributed by atoms with van der Waals surface area (Å²) in [5, 5.41) is 17.9. The molecule has 1 unspecified atom stereocenters. The Morgan fingerprint density at radius 3 is 1.86 bits per heavy atom. The molecule has 28 heavy (non-hydrogen) atoms. The molecule has 1 aromatic rings. The fourth-order valence-corrected chi connectivity index (χ4v) is 2.95. The Hall–Kier alpha value is -2.41. The molecule has 1 aromatic carbocycles. The van der Waals surface area contributed by atoms with Gasteiger partial charge in [0.05, 0.1) is 18.0 Å². The van der Waals surface area contributed by atoms with Crippen molar-refractivity contribution in [3.8, 4) is 0 Å². The molecule has 1 heterocycles. The van der Waals surface area contributed by atoms with Crippen LogP contribution in [0.2, 0.25) is 0 Å². The maximum absolute atomic E-state index is 11.0. The lowest BCUT2D eigenvalue weighted by atomic mass is 10.0. The van der Waals surface area contributed by atoms with Gasteiger partial charge in [0.25, 0.3) is 0 Å². The number of amides is 1. The van der Waals surface area contributed by atoms with E-state index in [4.69, 9.17) is 25.5 Å². The number of primary amides is 1. The van der Waals surface area contributed by atoms with Gasteiger partial charge in [-0.15, -0.1) is 0 Å². The van der Waals surface area contributed by atoms with Crippen LogP contribution in [-0.4, -0.2) is 41.9 Å². The minimum Gasteiger partial charge on any atom is -0.543 e. The lowest BCUT2D eigenvalue weighted by Gasteiger charge is -2.31. The molecule has 1 atom stereocenters. The Kier molecular flexibility index (Phi) is 13.4. The molecule has 1 aliphatic heterocycles. The molecule has 1 amide bonds. The molecule has 1 saturated heterocycles. The molecule has 158 valence electrons. The monoisotopic (exact) mass is 392 g/mol. The molecular formula is C21H32N2O5-2. The van der Waals surface area contributed by atoms with Crippen molar-refractivity contribution in [1.29, 1.82) is 0 Å². The third-order valence-corrected chi connectivity index (χ3v) is 4.20. The zero-order valence-electron chi connectivity index (χ0n) is 17.1. The van der Waals surface area contributed by atoms with Crippen molar-refractivity contribution < 1.29 is 24.6 Å². The smallest absolute Gasteiger partial charge is 0.234 e. The number of carboxylic acid groups (broad SMARTS) is 2. The van der Waals surface area contributed by atoms with Gasteiger partial charge in [0, 0.05) is 0 Å². The number of aliphatic carboxylic acids is 2. The van der Waals surface area contributed by atoms with Crippen LogP contribution in [-0.2, 0) is 20.8 Å². The molecule has 0 aromatic heterocycles. The zero-order chi connectivity index (χ0) is 21.5. The largest absolute Gasteiger partial charge is 0.543 e. The number of rotatable bonds is 5. The van der Waals surface area contributed by atoms with Crippen LogP contribution in [0.1, 0.15) is 52.0 Å². The molecular weight excluding hydrogens is 360 g/mol. The number of nitrogens with two attached hydrogens (primary N) is 1. The summed E-state index contributed by atoms with van der Waals surface area (Å²) in [5.74, 6) is -3.77. The first kappa shape index (κ1) is 25.6. The van der Waals surface area contributed by atoms with Crippen LogP contribution in [0.4, 0.5) is 0 Å². The van der Waals surface area contributed by atoms with Gasteiger partial charge in [-0.3, -0.25) is 9.69 Å². The Morgan fingerprint density at radius 2 is 1.50 bits per heavy atom. The van der Waals surface area contributed by atoms with Crippen molar-refractivity contribution >= 4 is 17.8 Å². The number of benzene rings is 1. The first-order valence-electron chi connectivity index (χ1n) is 9.68. The van der Waals surface area contributed by atoms with E-state index in [0.29, 0.717) is 0 Å². The van der Waals surface area contributed by atoms with Gasteiger partial charge in [0.15, 0.2) is 0 Å². The fraction of sp³-hybridized carbons (Fsp3) is 0.571. The second-order valence-corrected chi connectivity index (χ2v) is 7.08. The van der Waals surface area contributed by atoms with Crippen molar-refractivity contribution in [1.82, 2.24) is 4.90 Å². The summed E-state index contributed by atoms with van der Waals surface area (Å²) in [4.78, 5) is 31.1. The number of carbonyl (C=O) groups is 3. The highest BCUT2D eigenvalue weighted by Crippen LogP contribution is 2.13. The lowest BCUT2D eigenvalue weighted by molar-refractivity contribution is -0.345. The third kappa shape index (κ3) is 12.1. The molecule has 0 radical (unpaired) electrons. The summed E-state index contributed by atoms with van der Waals surface area (Å²) in [6, 6.07) is 10.6. The maximum Gasteiger partial charge on any atom is 0.234 e. The number of carboxylic acids is 2. The van der Waals surface area contributed by atoms with Crippen LogP contribution in [0.15, 0.2) is 30.3 Å². The van der Waals surface area contributed by atoms with Gasteiger partial charge in [0.2, 0.25) is 5.91 Å². The number of likely N-dealkylation sites (tertiary alicyclic amines) is 1. The van der Waals surface area contributed by atoms with Crippen molar-refractivity contribution in [2.45, 2.75) is 58.9 Å². The standard InChI is InChI=1S/C10H14.C9H18N2O.C2H2O4/c1-9(2)8-10-6-4-3-5-7-10;1-2-8(9(10)12)11-6-4-3-5-7-11;3-1(4)2(5)6/h3-7,9H,8H2,1-2H3;8H,2-7H2,1H3,(H2,10,12);(H,3,4)(H,5,6)/p-2. The predicted octanol–water partition coefficient (Wildman–Crippen LogP) is 0.108. The minimum atomic E-state index is -2.19. The van der Waals surface area contributed by atoms with Crippen LogP contribution >= 0.6 is 0 Å². The highest BCUT2D eigenvalue weighted by Gasteiger charge is 2.22. The van der Waals surface area contributed by atoms with E-state index in [1.54, 1.807) is 0 Å². The predicted molar refractivity (Wildman–Crippen MR) is 104 cm³/mol. The second-order valence-electron chi connectivity index (χ2n) is 7.08. The topological polar surface area (TPSA) is 127 Å². The van der Waals surface area contributed by atoms with Gasteiger partial charge in [-0.2, -0.15) is 0 Å². The van der Waals surface area contributed by atoms with Crippen LogP contribution in [0.25, 0.3) is 0 Å². The highest BCUT2D eigenvalue weighted by molar-refractivity contribution is 6.25. The number of hydrogen-bond donors (Lipinski definition) is 1. The quantitative estimate of drug-likeness (QED) is 0.709. The van der Waals surface area contributed by atoms with Crippen molar-refractivity contribution in [3.05, 3.63) is 35.9 Å². The van der Waals surface area contributed by atoms with Crippen molar-refractivity contribution in [2.75, 3.05) is 13.1 Å². The van der Waals surface area contributed by atoms with Crippen LogP contribution in [0.5, 0.6) is 0 Å². The average Bonchev–Trinajstić information content (AvgIpc) is 2.64. The van der Waals surface area contributed by atoms with Crippen LogP contribution in [0, 0.1) is 5.92 Å². The molecule has 2 N–H and O–H groups in total. The molecule has 0 bridgehead atoms. The van der Waals surface area contributed by atoms with Crippen LogP contribution < -0.4 is 15.9 Å². The van der Waals surface area contributed by atoms with E-state index in [9.17, 15) is 4.79 Å². The minimum absolute atomic E-state index is 0.0229. The van der Waals surface area contributed by atoms with E-state index < -0.39 is 11.9 Å². The van der Waals surface area contributed by atoms with Gasteiger partial charge < -0.3 is 25.5 Å². The summed E-state index contributed by atoms with van der Waals surface area (Å²) >= 11 is 0. The fourth-order valence-electron chi connectivity index (χ4n) is 2.95. The SMILES string of the molecule is CC(C)Cc1ccccc1.CCC(C(N)=O)N1CCCCC1.O=C([O-])C(=O)[O-]. The Bertz CT molecular complexity index is 572.